The second-order valence-corrected chi connectivity index (χ2v) is 4.78. The molecule has 1 heterocycles. The average Bonchev–Trinajstić information content (AvgIpc) is 2.20. The predicted octanol–water partition coefficient (Wildman–Crippen LogP) is 2.47. The summed E-state index contributed by atoms with van der Waals surface area (Å²) < 4.78 is 0. The summed E-state index contributed by atoms with van der Waals surface area (Å²) >= 11 is 0. The SMILES string of the molecule is CCC1CC(=O)C(C)C(C)(CC)N1C. The van der Waals surface area contributed by atoms with Crippen LogP contribution in [-0.2, 0) is 4.79 Å². The number of likely N-dealkylation sites (tertiary alicyclic amines) is 1. The molecule has 0 amide bonds. The fraction of sp³-hybridized carbons (Fsp3) is 0.917. The van der Waals surface area contributed by atoms with Crippen LogP contribution in [0.25, 0.3) is 0 Å². The van der Waals surface area contributed by atoms with Crippen molar-refractivity contribution in [2.45, 2.75) is 58.5 Å². The van der Waals surface area contributed by atoms with Crippen molar-refractivity contribution in [2.75, 3.05) is 7.05 Å². The van der Waals surface area contributed by atoms with Gasteiger partial charge in [-0.15, -0.1) is 0 Å². The van der Waals surface area contributed by atoms with Gasteiger partial charge in [0.1, 0.15) is 5.78 Å². The van der Waals surface area contributed by atoms with Crippen molar-refractivity contribution in [3.63, 3.8) is 0 Å². The molecule has 0 bridgehead atoms. The van der Waals surface area contributed by atoms with E-state index in [9.17, 15) is 4.79 Å². The average molecular weight is 197 g/mol. The van der Waals surface area contributed by atoms with Crippen LogP contribution in [0.5, 0.6) is 0 Å². The lowest BCUT2D eigenvalue weighted by molar-refractivity contribution is -0.136. The van der Waals surface area contributed by atoms with E-state index in [4.69, 9.17) is 0 Å². The molecule has 0 radical (unpaired) electrons. The molecule has 3 unspecified atom stereocenters. The smallest absolute Gasteiger partial charge is 0.139 e. The molecule has 1 aliphatic heterocycles. The van der Waals surface area contributed by atoms with Gasteiger partial charge in [0, 0.05) is 23.9 Å². The summed E-state index contributed by atoms with van der Waals surface area (Å²) in [5.41, 5.74) is 0.0655. The van der Waals surface area contributed by atoms with Gasteiger partial charge in [0.25, 0.3) is 0 Å². The van der Waals surface area contributed by atoms with Gasteiger partial charge < -0.3 is 0 Å². The van der Waals surface area contributed by atoms with Crippen molar-refractivity contribution in [2.24, 2.45) is 5.92 Å². The topological polar surface area (TPSA) is 20.3 Å². The number of rotatable bonds is 2. The Morgan fingerprint density at radius 2 is 2.07 bits per heavy atom. The van der Waals surface area contributed by atoms with E-state index in [1.165, 1.54) is 0 Å². The molecular weight excluding hydrogens is 174 g/mol. The number of ketones is 1. The highest BCUT2D eigenvalue weighted by Crippen LogP contribution is 2.36. The first kappa shape index (κ1) is 11.7. The first-order valence-corrected chi connectivity index (χ1v) is 5.73. The van der Waals surface area contributed by atoms with E-state index in [1.807, 2.05) is 0 Å². The summed E-state index contributed by atoms with van der Waals surface area (Å²) in [6, 6.07) is 0.448. The minimum atomic E-state index is 0.0655. The molecule has 0 aromatic rings. The van der Waals surface area contributed by atoms with E-state index < -0.39 is 0 Å². The number of piperidine rings is 1. The molecule has 0 aromatic carbocycles. The molecule has 0 spiro atoms. The molecule has 0 aliphatic carbocycles. The van der Waals surface area contributed by atoms with E-state index in [0.717, 1.165) is 19.3 Å². The Kier molecular flexibility index (Phi) is 3.36. The van der Waals surface area contributed by atoms with Gasteiger partial charge in [-0.2, -0.15) is 0 Å². The zero-order chi connectivity index (χ0) is 10.9. The molecule has 2 heteroatoms. The normalized spacial score (nSPS) is 40.2. The van der Waals surface area contributed by atoms with Gasteiger partial charge in [-0.1, -0.05) is 20.8 Å². The Labute approximate surface area is 87.7 Å². The molecule has 14 heavy (non-hydrogen) atoms. The maximum absolute atomic E-state index is 11.9. The highest BCUT2D eigenvalue weighted by molar-refractivity contribution is 5.83. The molecule has 1 rings (SSSR count). The van der Waals surface area contributed by atoms with E-state index in [0.29, 0.717) is 11.8 Å². The second kappa shape index (κ2) is 4.01. The zero-order valence-electron chi connectivity index (χ0n) is 10.1. The van der Waals surface area contributed by atoms with Crippen LogP contribution in [0.1, 0.15) is 47.0 Å². The van der Waals surface area contributed by atoms with E-state index in [1.54, 1.807) is 0 Å². The lowest BCUT2D eigenvalue weighted by Crippen LogP contribution is -2.59. The quantitative estimate of drug-likeness (QED) is 0.678. The third-order valence-corrected chi connectivity index (χ3v) is 4.39. The van der Waals surface area contributed by atoms with E-state index in [2.05, 4.69) is 39.6 Å². The van der Waals surface area contributed by atoms with Crippen LogP contribution < -0.4 is 0 Å². The maximum Gasteiger partial charge on any atom is 0.139 e. The molecule has 2 nitrogen and oxygen atoms in total. The summed E-state index contributed by atoms with van der Waals surface area (Å²) in [6.07, 6.45) is 2.86. The highest BCUT2D eigenvalue weighted by Gasteiger charge is 2.44. The van der Waals surface area contributed by atoms with Crippen LogP contribution in [0.4, 0.5) is 0 Å². The number of hydrogen-bond acceptors (Lipinski definition) is 2. The van der Waals surface area contributed by atoms with Gasteiger partial charge in [0.2, 0.25) is 0 Å². The first-order chi connectivity index (χ1) is 6.47. The predicted molar refractivity (Wildman–Crippen MR) is 59.3 cm³/mol. The van der Waals surface area contributed by atoms with Crippen LogP contribution in [0, 0.1) is 5.92 Å². The monoisotopic (exact) mass is 197 g/mol. The van der Waals surface area contributed by atoms with Crippen LogP contribution in [0.15, 0.2) is 0 Å². The lowest BCUT2D eigenvalue weighted by atomic mass is 9.74. The fourth-order valence-electron chi connectivity index (χ4n) is 2.59. The van der Waals surface area contributed by atoms with Crippen molar-refractivity contribution in [3.8, 4) is 0 Å². The Bertz CT molecular complexity index is 226. The molecule has 0 N–H and O–H groups in total. The summed E-state index contributed by atoms with van der Waals surface area (Å²) in [4.78, 5) is 14.3. The Balaban J connectivity index is 2.95. The van der Waals surface area contributed by atoms with Crippen LogP contribution in [0.2, 0.25) is 0 Å². The van der Waals surface area contributed by atoms with E-state index in [-0.39, 0.29) is 11.5 Å². The van der Waals surface area contributed by atoms with Gasteiger partial charge in [-0.3, -0.25) is 9.69 Å². The highest BCUT2D eigenvalue weighted by atomic mass is 16.1. The molecule has 3 atom stereocenters. The Morgan fingerprint density at radius 3 is 2.50 bits per heavy atom. The summed E-state index contributed by atoms with van der Waals surface area (Å²) in [7, 11) is 2.17. The van der Waals surface area contributed by atoms with Gasteiger partial charge >= 0.3 is 0 Å². The van der Waals surface area contributed by atoms with Crippen molar-refractivity contribution in [1.29, 1.82) is 0 Å². The van der Waals surface area contributed by atoms with Gasteiger partial charge in [0.15, 0.2) is 0 Å². The maximum atomic E-state index is 11.9. The van der Waals surface area contributed by atoms with Gasteiger partial charge in [-0.05, 0) is 26.8 Å². The Morgan fingerprint density at radius 1 is 1.50 bits per heavy atom. The summed E-state index contributed by atoms with van der Waals surface area (Å²) in [5.74, 6) is 0.625. The Hall–Kier alpha value is -0.370. The van der Waals surface area contributed by atoms with Crippen LogP contribution in [-0.4, -0.2) is 29.3 Å². The number of hydrogen-bond donors (Lipinski definition) is 0. The van der Waals surface area contributed by atoms with Crippen molar-refractivity contribution in [1.82, 2.24) is 4.90 Å². The minimum Gasteiger partial charge on any atom is -0.299 e. The summed E-state index contributed by atoms with van der Waals surface area (Å²) in [5, 5.41) is 0. The number of Topliss-reactive ketones (excluding diaryl/α,β-unsaturated/α-hetero) is 1. The molecule has 0 saturated carbocycles. The summed E-state index contributed by atoms with van der Waals surface area (Å²) in [6.45, 7) is 8.64. The second-order valence-electron chi connectivity index (χ2n) is 4.78. The number of carbonyl (C=O) groups is 1. The third kappa shape index (κ3) is 1.60. The van der Waals surface area contributed by atoms with Crippen LogP contribution >= 0.6 is 0 Å². The largest absolute Gasteiger partial charge is 0.299 e. The molecule has 1 fully saturated rings. The van der Waals surface area contributed by atoms with Gasteiger partial charge in [0.05, 0.1) is 0 Å². The molecular formula is C12H23NO. The van der Waals surface area contributed by atoms with Crippen LogP contribution in [0.3, 0.4) is 0 Å². The minimum absolute atomic E-state index is 0.0655. The lowest BCUT2D eigenvalue weighted by Gasteiger charge is -2.50. The van der Waals surface area contributed by atoms with E-state index >= 15 is 0 Å². The van der Waals surface area contributed by atoms with Crippen molar-refractivity contribution >= 4 is 5.78 Å². The number of nitrogens with zero attached hydrogens (tertiary/aromatic N) is 1. The molecule has 1 aliphatic rings. The first-order valence-electron chi connectivity index (χ1n) is 5.73. The zero-order valence-corrected chi connectivity index (χ0v) is 10.1. The van der Waals surface area contributed by atoms with Crippen molar-refractivity contribution in [3.05, 3.63) is 0 Å². The van der Waals surface area contributed by atoms with Crippen molar-refractivity contribution < 1.29 is 4.79 Å². The molecule has 82 valence electrons. The van der Waals surface area contributed by atoms with Gasteiger partial charge in [-0.25, -0.2) is 0 Å². The fourth-order valence-corrected chi connectivity index (χ4v) is 2.59. The molecule has 1 saturated heterocycles. The molecule has 0 aromatic heterocycles. The standard InChI is InChI=1S/C12H23NO/c1-6-10-8-11(14)9(3)12(4,7-2)13(10)5/h9-10H,6-8H2,1-5H3. The third-order valence-electron chi connectivity index (χ3n) is 4.39. The number of carbonyl (C=O) groups excluding carboxylic acids is 1.